The van der Waals surface area contributed by atoms with Crippen molar-refractivity contribution in [3.8, 4) is 17.2 Å². The van der Waals surface area contributed by atoms with E-state index in [9.17, 15) is 14.7 Å². The van der Waals surface area contributed by atoms with Gasteiger partial charge in [-0.05, 0) is 29.8 Å². The molecule has 140 valence electrons. The second-order valence-corrected chi connectivity index (χ2v) is 6.57. The van der Waals surface area contributed by atoms with Crippen LogP contribution in [0.1, 0.15) is 39.4 Å². The third-order valence-electron chi connectivity index (χ3n) is 4.92. The van der Waals surface area contributed by atoms with E-state index in [2.05, 4.69) is 0 Å². The van der Waals surface area contributed by atoms with Crippen molar-refractivity contribution in [1.82, 2.24) is 0 Å². The Morgan fingerprint density at radius 3 is 2.43 bits per heavy atom. The number of hydrogen-bond donors (Lipinski definition) is 1. The molecule has 5 heteroatoms. The largest absolute Gasteiger partial charge is 0.507 e. The van der Waals surface area contributed by atoms with Crippen LogP contribution in [0.4, 0.5) is 0 Å². The number of phenols is 1. The van der Waals surface area contributed by atoms with Gasteiger partial charge < -0.3 is 14.6 Å². The van der Waals surface area contributed by atoms with Crippen LogP contribution in [0.2, 0.25) is 0 Å². The van der Waals surface area contributed by atoms with Gasteiger partial charge in [0.15, 0.2) is 5.78 Å². The third-order valence-corrected chi connectivity index (χ3v) is 4.92. The molecule has 3 aromatic rings. The number of ketones is 1. The Morgan fingerprint density at radius 1 is 1.04 bits per heavy atom. The van der Waals surface area contributed by atoms with E-state index in [0.717, 1.165) is 5.56 Å². The fourth-order valence-corrected chi connectivity index (χ4v) is 3.50. The zero-order chi connectivity index (χ0) is 19.7. The Morgan fingerprint density at radius 2 is 1.75 bits per heavy atom. The first-order valence-corrected chi connectivity index (χ1v) is 8.88. The minimum absolute atomic E-state index is 0.0792. The van der Waals surface area contributed by atoms with Gasteiger partial charge in [0.25, 0.3) is 0 Å². The highest BCUT2D eigenvalue weighted by Crippen LogP contribution is 2.45. The highest BCUT2D eigenvalue weighted by Gasteiger charge is 2.33. The topological polar surface area (TPSA) is 72.8 Å². The summed E-state index contributed by atoms with van der Waals surface area (Å²) in [5.74, 6) is -0.259. The number of phenolic OH excluding ortho intramolecular Hbond substituents is 1. The molecule has 0 fully saturated rings. The molecule has 0 aliphatic carbocycles. The smallest absolute Gasteiger partial charge is 0.312 e. The van der Waals surface area contributed by atoms with Crippen molar-refractivity contribution < 1.29 is 24.2 Å². The van der Waals surface area contributed by atoms with E-state index in [1.807, 2.05) is 18.2 Å². The number of aromatic hydroxyl groups is 1. The summed E-state index contributed by atoms with van der Waals surface area (Å²) < 4.78 is 10.5. The number of benzene rings is 3. The lowest BCUT2D eigenvalue weighted by Crippen LogP contribution is -2.21. The van der Waals surface area contributed by atoms with Crippen molar-refractivity contribution in [2.24, 2.45) is 0 Å². The normalized spacial score (nSPS) is 15.5. The SMILES string of the molecule is COc1ccc([C@H]2CC(=O)Oc3ccc(C(=O)c4ccccc4)c(O)c32)cc1. The van der Waals surface area contributed by atoms with E-state index in [-0.39, 0.29) is 35.2 Å². The van der Waals surface area contributed by atoms with Crippen molar-refractivity contribution in [1.29, 1.82) is 0 Å². The van der Waals surface area contributed by atoms with E-state index in [4.69, 9.17) is 9.47 Å². The molecule has 0 unspecified atom stereocenters. The number of methoxy groups -OCH3 is 1. The van der Waals surface area contributed by atoms with E-state index in [0.29, 0.717) is 16.9 Å². The lowest BCUT2D eigenvalue weighted by Gasteiger charge is -2.26. The minimum atomic E-state index is -0.411. The van der Waals surface area contributed by atoms with Crippen LogP contribution in [-0.4, -0.2) is 24.0 Å². The zero-order valence-electron chi connectivity index (χ0n) is 15.2. The maximum atomic E-state index is 12.9. The van der Waals surface area contributed by atoms with E-state index >= 15 is 0 Å². The molecule has 0 bridgehead atoms. The number of ether oxygens (including phenoxy) is 2. The van der Waals surface area contributed by atoms with Crippen molar-refractivity contribution in [2.75, 3.05) is 7.11 Å². The maximum absolute atomic E-state index is 12.9. The lowest BCUT2D eigenvalue weighted by molar-refractivity contribution is -0.135. The summed E-state index contributed by atoms with van der Waals surface area (Å²) in [7, 11) is 1.58. The molecule has 5 nitrogen and oxygen atoms in total. The molecule has 1 atom stereocenters. The second-order valence-electron chi connectivity index (χ2n) is 6.57. The van der Waals surface area contributed by atoms with E-state index < -0.39 is 5.92 Å². The van der Waals surface area contributed by atoms with Gasteiger partial charge in [-0.15, -0.1) is 0 Å². The van der Waals surface area contributed by atoms with Crippen molar-refractivity contribution in [3.05, 3.63) is 89.0 Å². The van der Waals surface area contributed by atoms with Gasteiger partial charge in [-0.1, -0.05) is 42.5 Å². The number of hydrogen-bond acceptors (Lipinski definition) is 5. The fraction of sp³-hybridized carbons (Fsp3) is 0.130. The molecule has 0 spiro atoms. The predicted octanol–water partition coefficient (Wildman–Crippen LogP) is 4.07. The lowest BCUT2D eigenvalue weighted by atomic mass is 9.84. The maximum Gasteiger partial charge on any atom is 0.312 e. The van der Waals surface area contributed by atoms with Crippen LogP contribution in [0, 0.1) is 0 Å². The summed E-state index contributed by atoms with van der Waals surface area (Å²) in [6.45, 7) is 0. The number of rotatable bonds is 4. The molecule has 0 amide bonds. The second kappa shape index (κ2) is 7.19. The minimum Gasteiger partial charge on any atom is -0.507 e. The number of esters is 1. The number of carbonyl (C=O) groups excluding carboxylic acids is 2. The van der Waals surface area contributed by atoms with Crippen LogP contribution in [0.15, 0.2) is 66.7 Å². The monoisotopic (exact) mass is 374 g/mol. The first-order valence-electron chi connectivity index (χ1n) is 8.88. The van der Waals surface area contributed by atoms with Crippen LogP contribution in [0.3, 0.4) is 0 Å². The fourth-order valence-electron chi connectivity index (χ4n) is 3.50. The van der Waals surface area contributed by atoms with Crippen LogP contribution in [0.5, 0.6) is 17.2 Å². The molecule has 0 saturated heterocycles. The van der Waals surface area contributed by atoms with Gasteiger partial charge in [0.1, 0.15) is 17.2 Å². The molecule has 1 heterocycles. The molecule has 28 heavy (non-hydrogen) atoms. The van der Waals surface area contributed by atoms with Crippen molar-refractivity contribution in [2.45, 2.75) is 12.3 Å². The summed E-state index contributed by atoms with van der Waals surface area (Å²) in [5.41, 5.74) is 1.94. The summed E-state index contributed by atoms with van der Waals surface area (Å²) in [5, 5.41) is 10.9. The molecular weight excluding hydrogens is 356 g/mol. The molecule has 0 saturated carbocycles. The van der Waals surface area contributed by atoms with Crippen LogP contribution < -0.4 is 9.47 Å². The Hall–Kier alpha value is -3.60. The van der Waals surface area contributed by atoms with Crippen molar-refractivity contribution in [3.63, 3.8) is 0 Å². The number of carbonyl (C=O) groups is 2. The first-order chi connectivity index (χ1) is 13.6. The van der Waals surface area contributed by atoms with Gasteiger partial charge in [0.05, 0.1) is 19.1 Å². The quantitative estimate of drug-likeness (QED) is 0.423. The molecule has 0 aromatic heterocycles. The van der Waals surface area contributed by atoms with Gasteiger partial charge in [-0.2, -0.15) is 0 Å². The molecule has 1 N–H and O–H groups in total. The molecule has 1 aliphatic rings. The van der Waals surface area contributed by atoms with E-state index in [1.165, 1.54) is 6.07 Å². The Labute approximate surface area is 162 Å². The predicted molar refractivity (Wildman–Crippen MR) is 103 cm³/mol. The van der Waals surface area contributed by atoms with Gasteiger partial charge in [-0.3, -0.25) is 9.59 Å². The average Bonchev–Trinajstić information content (AvgIpc) is 2.73. The highest BCUT2D eigenvalue weighted by molar-refractivity contribution is 6.11. The summed E-state index contributed by atoms with van der Waals surface area (Å²) >= 11 is 0. The van der Waals surface area contributed by atoms with Crippen LogP contribution in [0.25, 0.3) is 0 Å². The Kier molecular flexibility index (Phi) is 4.57. The molecular formula is C23H18O5. The van der Waals surface area contributed by atoms with Crippen LogP contribution in [-0.2, 0) is 4.79 Å². The zero-order valence-corrected chi connectivity index (χ0v) is 15.2. The van der Waals surface area contributed by atoms with Crippen LogP contribution >= 0.6 is 0 Å². The Balaban J connectivity index is 1.81. The average molecular weight is 374 g/mol. The van der Waals surface area contributed by atoms with Gasteiger partial charge >= 0.3 is 5.97 Å². The van der Waals surface area contributed by atoms with Crippen molar-refractivity contribution >= 4 is 11.8 Å². The molecule has 0 radical (unpaired) electrons. The number of fused-ring (bicyclic) bond motifs is 1. The van der Waals surface area contributed by atoms with Gasteiger partial charge in [0.2, 0.25) is 0 Å². The summed E-state index contributed by atoms with van der Waals surface area (Å²) in [4.78, 5) is 24.9. The summed E-state index contributed by atoms with van der Waals surface area (Å²) in [6, 6.07) is 19.1. The molecule has 3 aromatic carbocycles. The van der Waals surface area contributed by atoms with Gasteiger partial charge in [0, 0.05) is 17.0 Å². The van der Waals surface area contributed by atoms with Gasteiger partial charge in [-0.25, -0.2) is 0 Å². The highest BCUT2D eigenvalue weighted by atomic mass is 16.5. The summed E-state index contributed by atoms with van der Waals surface area (Å²) in [6.07, 6.45) is 0.0792. The Bertz CT molecular complexity index is 1040. The molecule has 1 aliphatic heterocycles. The van der Waals surface area contributed by atoms with E-state index in [1.54, 1.807) is 49.6 Å². The molecule has 4 rings (SSSR count). The standard InChI is InChI=1S/C23H18O5/c1-27-16-9-7-14(8-10-16)18-13-20(24)28-19-12-11-17(23(26)21(18)19)22(25)15-5-3-2-4-6-15/h2-12,18,26H,13H2,1H3/t18-/m1/s1. The third kappa shape index (κ3) is 3.11. The first kappa shape index (κ1) is 17.8.